The maximum absolute atomic E-state index is 12.5. The summed E-state index contributed by atoms with van der Waals surface area (Å²) < 4.78 is 6.20. The number of carboxylic acid groups (broad SMARTS) is 1. The first-order chi connectivity index (χ1) is 14.1. The summed E-state index contributed by atoms with van der Waals surface area (Å²) in [4.78, 5) is 12.5. The minimum absolute atomic E-state index is 0.309. The van der Waals surface area contributed by atoms with Crippen molar-refractivity contribution in [1.29, 1.82) is 0 Å². The van der Waals surface area contributed by atoms with E-state index in [1.807, 2.05) is 91.0 Å². The third kappa shape index (κ3) is 3.62. The highest BCUT2D eigenvalue weighted by Gasteiger charge is 2.75. The Bertz CT molecular complexity index is 998. The molecule has 3 nitrogen and oxygen atoms in total. The predicted octanol–water partition coefficient (Wildman–Crippen LogP) is 4.86. The van der Waals surface area contributed by atoms with E-state index in [0.717, 1.165) is 22.3 Å². The van der Waals surface area contributed by atoms with E-state index in [-0.39, 0.29) is 0 Å². The van der Waals surface area contributed by atoms with Gasteiger partial charge >= 0.3 is 5.97 Å². The van der Waals surface area contributed by atoms with Crippen molar-refractivity contribution in [3.63, 3.8) is 0 Å². The van der Waals surface area contributed by atoms with Gasteiger partial charge in [-0.15, -0.1) is 0 Å². The maximum Gasteiger partial charge on any atom is 0.339 e. The van der Waals surface area contributed by atoms with E-state index in [9.17, 15) is 9.90 Å². The summed E-state index contributed by atoms with van der Waals surface area (Å²) in [5.41, 5.74) is 1.63. The van der Waals surface area contributed by atoms with Gasteiger partial charge < -0.3 is 9.84 Å². The standard InChI is InChI=1S/C26H24O3/c1-20(17-21-11-5-2-6-12-21)25(18-22-13-7-3-8-14-22)26(29-25,24(27)28)19-23-15-9-4-10-16-23/h2-16H,1,17-19H2,(H,27,28)/t25-,26+/m0/s1. The Morgan fingerprint density at radius 3 is 1.59 bits per heavy atom. The van der Waals surface area contributed by atoms with E-state index in [4.69, 9.17) is 4.74 Å². The summed E-state index contributed by atoms with van der Waals surface area (Å²) in [6.45, 7) is 4.31. The quantitative estimate of drug-likeness (QED) is 0.446. The summed E-state index contributed by atoms with van der Waals surface area (Å²) in [6, 6.07) is 29.5. The average Bonchev–Trinajstić information content (AvgIpc) is 3.39. The molecule has 1 aliphatic heterocycles. The van der Waals surface area contributed by atoms with Crippen molar-refractivity contribution in [2.24, 2.45) is 0 Å². The molecule has 1 aliphatic rings. The number of hydrogen-bond acceptors (Lipinski definition) is 2. The van der Waals surface area contributed by atoms with E-state index in [2.05, 4.69) is 6.58 Å². The second kappa shape index (κ2) is 7.69. The van der Waals surface area contributed by atoms with Crippen molar-refractivity contribution in [1.82, 2.24) is 0 Å². The highest BCUT2D eigenvalue weighted by atomic mass is 16.7. The number of hydrogen-bond donors (Lipinski definition) is 1. The van der Waals surface area contributed by atoms with Crippen molar-refractivity contribution < 1.29 is 14.6 Å². The summed E-state index contributed by atoms with van der Waals surface area (Å²) in [5.74, 6) is -0.938. The largest absolute Gasteiger partial charge is 0.479 e. The van der Waals surface area contributed by atoms with Crippen LogP contribution in [0.3, 0.4) is 0 Å². The Morgan fingerprint density at radius 2 is 1.14 bits per heavy atom. The van der Waals surface area contributed by atoms with Crippen molar-refractivity contribution in [2.75, 3.05) is 0 Å². The van der Waals surface area contributed by atoms with Crippen LogP contribution in [0.15, 0.2) is 103 Å². The van der Waals surface area contributed by atoms with Crippen molar-refractivity contribution in [2.45, 2.75) is 30.5 Å². The lowest BCUT2D eigenvalue weighted by atomic mass is 9.77. The molecular formula is C26H24O3. The molecule has 0 unspecified atom stereocenters. The molecule has 1 heterocycles. The molecule has 3 heteroatoms. The van der Waals surface area contributed by atoms with E-state index >= 15 is 0 Å². The summed E-state index contributed by atoms with van der Waals surface area (Å²) in [7, 11) is 0. The van der Waals surface area contributed by atoms with E-state index in [1.54, 1.807) is 0 Å². The summed E-state index contributed by atoms with van der Waals surface area (Å²) >= 11 is 0. The molecule has 0 amide bonds. The highest BCUT2D eigenvalue weighted by molar-refractivity contribution is 5.85. The van der Waals surface area contributed by atoms with Crippen LogP contribution in [0.1, 0.15) is 16.7 Å². The third-order valence-electron chi connectivity index (χ3n) is 5.73. The monoisotopic (exact) mass is 384 g/mol. The molecule has 2 atom stereocenters. The van der Waals surface area contributed by atoms with Gasteiger partial charge in [-0.25, -0.2) is 4.79 Å². The van der Waals surface area contributed by atoms with Gasteiger partial charge in [0.05, 0.1) is 0 Å². The van der Waals surface area contributed by atoms with Crippen LogP contribution in [-0.4, -0.2) is 22.3 Å². The second-order valence-electron chi connectivity index (χ2n) is 7.65. The van der Waals surface area contributed by atoms with Crippen LogP contribution >= 0.6 is 0 Å². The van der Waals surface area contributed by atoms with Gasteiger partial charge in [0.1, 0.15) is 5.60 Å². The van der Waals surface area contributed by atoms with Gasteiger partial charge in [0, 0.05) is 12.8 Å². The molecule has 0 bridgehead atoms. The zero-order valence-corrected chi connectivity index (χ0v) is 16.3. The van der Waals surface area contributed by atoms with Crippen molar-refractivity contribution in [3.05, 3.63) is 120 Å². The Labute approximate surface area is 171 Å². The van der Waals surface area contributed by atoms with Crippen molar-refractivity contribution >= 4 is 5.97 Å². The molecule has 0 saturated carbocycles. The summed E-state index contributed by atoms with van der Waals surface area (Å²) in [5, 5.41) is 10.2. The lowest BCUT2D eigenvalue weighted by Crippen LogP contribution is -2.39. The maximum atomic E-state index is 12.5. The van der Waals surface area contributed by atoms with Crippen LogP contribution in [0, 0.1) is 0 Å². The predicted molar refractivity (Wildman–Crippen MR) is 114 cm³/mol. The van der Waals surface area contributed by atoms with Crippen LogP contribution in [0.4, 0.5) is 0 Å². The van der Waals surface area contributed by atoms with Gasteiger partial charge in [0.2, 0.25) is 5.60 Å². The fraction of sp³-hybridized carbons (Fsp3) is 0.192. The number of epoxide rings is 1. The molecule has 0 aromatic heterocycles. The lowest BCUT2D eigenvalue weighted by Gasteiger charge is -2.21. The smallest absolute Gasteiger partial charge is 0.339 e. The van der Waals surface area contributed by atoms with E-state index in [1.165, 1.54) is 0 Å². The van der Waals surface area contributed by atoms with E-state index < -0.39 is 17.2 Å². The number of ether oxygens (including phenoxy) is 1. The number of carboxylic acids is 1. The van der Waals surface area contributed by atoms with Crippen LogP contribution in [0.25, 0.3) is 0 Å². The molecule has 1 fully saturated rings. The SMILES string of the molecule is C=C(Cc1ccccc1)[C@]1(Cc2ccccc2)O[C@]1(Cc1ccccc1)C(=O)O. The molecule has 4 rings (SSSR count). The van der Waals surface area contributed by atoms with Crippen LogP contribution in [0.5, 0.6) is 0 Å². The molecule has 3 aromatic carbocycles. The van der Waals surface area contributed by atoms with Gasteiger partial charge in [-0.2, -0.15) is 0 Å². The molecule has 3 aromatic rings. The molecule has 0 spiro atoms. The molecular weight excluding hydrogens is 360 g/mol. The molecule has 1 N–H and O–H groups in total. The Kier molecular flexibility index (Phi) is 5.08. The molecule has 0 aliphatic carbocycles. The van der Waals surface area contributed by atoms with Gasteiger partial charge in [-0.3, -0.25) is 0 Å². The average molecular weight is 384 g/mol. The highest BCUT2D eigenvalue weighted by Crippen LogP contribution is 2.57. The molecule has 0 radical (unpaired) electrons. The van der Waals surface area contributed by atoms with Gasteiger partial charge in [0.15, 0.2) is 0 Å². The Morgan fingerprint density at radius 1 is 0.724 bits per heavy atom. The van der Waals surface area contributed by atoms with Gasteiger partial charge in [-0.1, -0.05) is 97.6 Å². The minimum Gasteiger partial charge on any atom is -0.479 e. The van der Waals surface area contributed by atoms with Gasteiger partial charge in [-0.05, 0) is 28.7 Å². The topological polar surface area (TPSA) is 49.8 Å². The second-order valence-corrected chi connectivity index (χ2v) is 7.65. The summed E-state index contributed by atoms with van der Waals surface area (Å²) in [6.07, 6.45) is 1.37. The lowest BCUT2D eigenvalue weighted by molar-refractivity contribution is -0.143. The number of benzene rings is 3. The first-order valence-corrected chi connectivity index (χ1v) is 9.79. The van der Waals surface area contributed by atoms with Crippen LogP contribution in [-0.2, 0) is 28.8 Å². The van der Waals surface area contributed by atoms with E-state index in [0.29, 0.717) is 19.3 Å². The molecule has 29 heavy (non-hydrogen) atoms. The third-order valence-corrected chi connectivity index (χ3v) is 5.73. The number of carbonyl (C=O) groups is 1. The Hall–Kier alpha value is -3.17. The fourth-order valence-electron chi connectivity index (χ4n) is 4.16. The molecule has 1 saturated heterocycles. The first kappa shape index (κ1) is 19.2. The first-order valence-electron chi connectivity index (χ1n) is 9.79. The zero-order valence-electron chi connectivity index (χ0n) is 16.3. The van der Waals surface area contributed by atoms with Crippen LogP contribution < -0.4 is 0 Å². The minimum atomic E-state index is -1.31. The molecule has 146 valence electrons. The normalized spacial score (nSPS) is 22.8. The Balaban J connectivity index is 1.70. The zero-order chi connectivity index (χ0) is 20.3. The number of rotatable bonds is 8. The van der Waals surface area contributed by atoms with Crippen LogP contribution in [0.2, 0.25) is 0 Å². The number of aliphatic carboxylic acids is 1. The van der Waals surface area contributed by atoms with Gasteiger partial charge in [0.25, 0.3) is 0 Å². The fourth-order valence-corrected chi connectivity index (χ4v) is 4.16. The van der Waals surface area contributed by atoms with Crippen molar-refractivity contribution in [3.8, 4) is 0 Å².